The number of aliphatic carboxylic acids is 1. The summed E-state index contributed by atoms with van der Waals surface area (Å²) in [5.74, 6) is -0.770. The number of hydrogen-bond acceptors (Lipinski definition) is 3. The summed E-state index contributed by atoms with van der Waals surface area (Å²) in [6.07, 6.45) is 2.99. The lowest BCUT2D eigenvalue weighted by atomic mass is 10.0. The maximum Gasteiger partial charge on any atom is 0.317 e. The van der Waals surface area contributed by atoms with Crippen molar-refractivity contribution >= 4 is 17.7 Å². The van der Waals surface area contributed by atoms with Gasteiger partial charge in [-0.15, -0.1) is 11.8 Å². The first kappa shape index (κ1) is 16.1. The second kappa shape index (κ2) is 7.56. The fraction of sp³-hybridized carbons (Fsp3) is 0.533. The molecule has 19 heavy (non-hydrogen) atoms. The molecular weight excluding hydrogens is 258 g/mol. The molecule has 2 unspecified atom stereocenters. The highest BCUT2D eigenvalue weighted by Crippen LogP contribution is 2.25. The van der Waals surface area contributed by atoms with Crippen molar-refractivity contribution in [1.82, 2.24) is 4.90 Å². The molecule has 0 aliphatic heterocycles. The standard InChI is InChI=1S/C15H23NO2S/c1-5-11(2)16(10-15(17)18)12(3)13-6-8-14(19-4)9-7-13/h6-9,11-12H,5,10H2,1-4H3,(H,17,18). The van der Waals surface area contributed by atoms with E-state index >= 15 is 0 Å². The van der Waals surface area contributed by atoms with Crippen molar-refractivity contribution in [1.29, 1.82) is 0 Å². The van der Waals surface area contributed by atoms with E-state index in [1.807, 2.05) is 11.2 Å². The van der Waals surface area contributed by atoms with Crippen LogP contribution in [0.25, 0.3) is 0 Å². The summed E-state index contributed by atoms with van der Waals surface area (Å²) in [4.78, 5) is 14.3. The third-order valence-corrected chi connectivity index (χ3v) is 4.31. The Kier molecular flexibility index (Phi) is 6.38. The molecule has 0 saturated carbocycles. The van der Waals surface area contributed by atoms with Crippen LogP contribution in [0.3, 0.4) is 0 Å². The molecule has 1 rings (SSSR count). The first-order chi connectivity index (χ1) is 8.99. The maximum absolute atomic E-state index is 11.0. The zero-order valence-electron chi connectivity index (χ0n) is 12.1. The van der Waals surface area contributed by atoms with E-state index < -0.39 is 5.97 Å². The van der Waals surface area contributed by atoms with Crippen molar-refractivity contribution in [3.8, 4) is 0 Å². The van der Waals surface area contributed by atoms with Crippen molar-refractivity contribution in [3.63, 3.8) is 0 Å². The minimum absolute atomic E-state index is 0.0838. The molecule has 0 aliphatic rings. The van der Waals surface area contributed by atoms with E-state index in [0.717, 1.165) is 6.42 Å². The third-order valence-electron chi connectivity index (χ3n) is 3.57. The fourth-order valence-electron chi connectivity index (χ4n) is 2.14. The summed E-state index contributed by atoms with van der Waals surface area (Å²) in [5.41, 5.74) is 1.17. The smallest absolute Gasteiger partial charge is 0.317 e. The number of rotatable bonds is 7. The maximum atomic E-state index is 11.0. The number of carboxylic acids is 1. The quantitative estimate of drug-likeness (QED) is 0.774. The summed E-state index contributed by atoms with van der Waals surface area (Å²) >= 11 is 1.71. The molecule has 1 N–H and O–H groups in total. The predicted molar refractivity (Wildman–Crippen MR) is 80.7 cm³/mol. The van der Waals surface area contributed by atoms with Crippen molar-refractivity contribution < 1.29 is 9.90 Å². The van der Waals surface area contributed by atoms with Crippen LogP contribution in [0, 0.1) is 0 Å². The summed E-state index contributed by atoms with van der Waals surface area (Å²) in [5, 5.41) is 9.06. The number of hydrogen-bond donors (Lipinski definition) is 1. The number of carbonyl (C=O) groups is 1. The topological polar surface area (TPSA) is 40.5 Å². The minimum Gasteiger partial charge on any atom is -0.480 e. The molecule has 0 amide bonds. The van der Waals surface area contributed by atoms with Crippen LogP contribution in [0.5, 0.6) is 0 Å². The monoisotopic (exact) mass is 281 g/mol. The number of benzene rings is 1. The van der Waals surface area contributed by atoms with Crippen LogP contribution >= 0.6 is 11.8 Å². The van der Waals surface area contributed by atoms with Crippen molar-refractivity contribution in [2.45, 2.75) is 44.2 Å². The van der Waals surface area contributed by atoms with E-state index in [9.17, 15) is 4.79 Å². The van der Waals surface area contributed by atoms with E-state index in [4.69, 9.17) is 5.11 Å². The van der Waals surface area contributed by atoms with Crippen LogP contribution < -0.4 is 0 Å². The van der Waals surface area contributed by atoms with Crippen LogP contribution in [0.15, 0.2) is 29.2 Å². The second-order valence-corrected chi connectivity index (χ2v) is 5.65. The Bertz CT molecular complexity index is 405. The predicted octanol–water partition coefficient (Wildman–Crippen LogP) is 3.65. The third kappa shape index (κ3) is 4.55. The van der Waals surface area contributed by atoms with E-state index in [1.54, 1.807) is 11.8 Å². The highest BCUT2D eigenvalue weighted by atomic mass is 32.2. The summed E-state index contributed by atoms with van der Waals surface area (Å²) in [6, 6.07) is 8.73. The van der Waals surface area contributed by atoms with Crippen molar-refractivity contribution in [3.05, 3.63) is 29.8 Å². The molecule has 2 atom stereocenters. The molecule has 0 radical (unpaired) electrons. The molecule has 0 aromatic heterocycles. The van der Waals surface area contributed by atoms with Gasteiger partial charge in [0.05, 0.1) is 6.54 Å². The molecule has 0 bridgehead atoms. The van der Waals surface area contributed by atoms with Gasteiger partial charge in [0.15, 0.2) is 0 Å². The van der Waals surface area contributed by atoms with Crippen molar-refractivity contribution in [2.24, 2.45) is 0 Å². The SMILES string of the molecule is CCC(C)N(CC(=O)O)C(C)c1ccc(SC)cc1. The van der Waals surface area contributed by atoms with Crippen molar-refractivity contribution in [2.75, 3.05) is 12.8 Å². The van der Waals surface area contributed by atoms with Gasteiger partial charge in [-0.2, -0.15) is 0 Å². The lowest BCUT2D eigenvalue weighted by Gasteiger charge is -2.33. The summed E-state index contributed by atoms with van der Waals surface area (Å²) in [6.45, 7) is 6.32. The number of thioether (sulfide) groups is 1. The lowest BCUT2D eigenvalue weighted by Crippen LogP contribution is -2.39. The second-order valence-electron chi connectivity index (χ2n) is 4.77. The van der Waals surface area contributed by atoms with Crippen LogP contribution in [0.1, 0.15) is 38.8 Å². The number of carboxylic acid groups (broad SMARTS) is 1. The molecular formula is C15H23NO2S. The average Bonchev–Trinajstić information content (AvgIpc) is 2.43. The van der Waals surface area contributed by atoms with Crippen LogP contribution in [0.2, 0.25) is 0 Å². The van der Waals surface area contributed by atoms with Gasteiger partial charge < -0.3 is 5.11 Å². The molecule has 106 valence electrons. The Morgan fingerprint density at radius 3 is 2.32 bits per heavy atom. The van der Waals surface area contributed by atoms with Gasteiger partial charge in [0.2, 0.25) is 0 Å². The Morgan fingerprint density at radius 2 is 1.89 bits per heavy atom. The molecule has 0 heterocycles. The molecule has 1 aromatic rings. The fourth-order valence-corrected chi connectivity index (χ4v) is 2.55. The Labute approximate surface area is 120 Å². The highest BCUT2D eigenvalue weighted by Gasteiger charge is 2.22. The average molecular weight is 281 g/mol. The first-order valence-corrected chi connectivity index (χ1v) is 7.83. The van der Waals surface area contributed by atoms with Gasteiger partial charge in [-0.1, -0.05) is 19.1 Å². The van der Waals surface area contributed by atoms with Crippen LogP contribution in [0.4, 0.5) is 0 Å². The van der Waals surface area contributed by atoms with Gasteiger partial charge >= 0.3 is 5.97 Å². The van der Waals surface area contributed by atoms with Crippen LogP contribution in [-0.2, 0) is 4.79 Å². The Balaban J connectivity index is 2.90. The van der Waals surface area contributed by atoms with Gasteiger partial charge in [0, 0.05) is 17.0 Å². The summed E-state index contributed by atoms with van der Waals surface area (Å²) < 4.78 is 0. The van der Waals surface area contributed by atoms with Gasteiger partial charge in [-0.05, 0) is 44.2 Å². The molecule has 4 heteroatoms. The lowest BCUT2D eigenvalue weighted by molar-refractivity contribution is -0.139. The summed E-state index contributed by atoms with van der Waals surface area (Å²) in [7, 11) is 0. The molecule has 0 aliphatic carbocycles. The Morgan fingerprint density at radius 1 is 1.32 bits per heavy atom. The first-order valence-electron chi connectivity index (χ1n) is 6.61. The minimum atomic E-state index is -0.770. The molecule has 1 aromatic carbocycles. The van der Waals surface area contributed by atoms with E-state index in [-0.39, 0.29) is 18.6 Å². The largest absolute Gasteiger partial charge is 0.480 e. The zero-order valence-corrected chi connectivity index (χ0v) is 12.9. The Hall–Kier alpha value is -1.00. The highest BCUT2D eigenvalue weighted by molar-refractivity contribution is 7.98. The van der Waals surface area contributed by atoms with E-state index in [1.165, 1.54) is 10.5 Å². The molecule has 0 saturated heterocycles. The van der Waals surface area contributed by atoms with Gasteiger partial charge in [-0.25, -0.2) is 0 Å². The van der Waals surface area contributed by atoms with E-state index in [2.05, 4.69) is 45.0 Å². The van der Waals surface area contributed by atoms with Gasteiger partial charge in [0.25, 0.3) is 0 Å². The molecule has 0 spiro atoms. The molecule has 0 fully saturated rings. The normalized spacial score (nSPS) is 14.4. The van der Waals surface area contributed by atoms with E-state index in [0.29, 0.717) is 0 Å². The molecule has 3 nitrogen and oxygen atoms in total. The zero-order chi connectivity index (χ0) is 14.4. The van der Waals surface area contributed by atoms with Gasteiger partial charge in [0.1, 0.15) is 0 Å². The van der Waals surface area contributed by atoms with Crippen LogP contribution in [-0.4, -0.2) is 34.8 Å². The number of nitrogens with zero attached hydrogens (tertiary/aromatic N) is 1. The van der Waals surface area contributed by atoms with Gasteiger partial charge in [-0.3, -0.25) is 9.69 Å².